The van der Waals surface area contributed by atoms with Crippen molar-refractivity contribution in [2.75, 3.05) is 13.1 Å². The van der Waals surface area contributed by atoms with Gasteiger partial charge in [-0.1, -0.05) is 25.1 Å². The van der Waals surface area contributed by atoms with Crippen LogP contribution in [0.1, 0.15) is 25.8 Å². The molecule has 0 saturated heterocycles. The van der Waals surface area contributed by atoms with Gasteiger partial charge in [0.05, 0.1) is 0 Å². The Balaban J connectivity index is 2.71. The van der Waals surface area contributed by atoms with Crippen LogP contribution >= 0.6 is 0 Å². The van der Waals surface area contributed by atoms with Crippen molar-refractivity contribution in [3.8, 4) is 0 Å². The van der Waals surface area contributed by atoms with Crippen LogP contribution in [0, 0.1) is 5.82 Å². The van der Waals surface area contributed by atoms with E-state index in [0.717, 1.165) is 18.5 Å². The zero-order chi connectivity index (χ0) is 12.0. The molecule has 0 saturated carbocycles. The summed E-state index contributed by atoms with van der Waals surface area (Å²) in [7, 11) is 0. The standard InChI is InChI=1S/C13H21FN2/c1-3-11(2)16(9-8-15)10-12-6-4-5-7-13(12)14/h4-7,11H,3,8-10,15H2,1-2H3. The van der Waals surface area contributed by atoms with Crippen molar-refractivity contribution < 1.29 is 4.39 Å². The fourth-order valence-electron chi connectivity index (χ4n) is 1.72. The molecule has 0 heterocycles. The smallest absolute Gasteiger partial charge is 0.127 e. The molecule has 1 rings (SSSR count). The first-order valence-electron chi connectivity index (χ1n) is 5.86. The quantitative estimate of drug-likeness (QED) is 0.804. The fraction of sp³-hybridized carbons (Fsp3) is 0.538. The number of halogens is 1. The van der Waals surface area contributed by atoms with Gasteiger partial charge in [-0.3, -0.25) is 4.90 Å². The number of rotatable bonds is 6. The highest BCUT2D eigenvalue weighted by Gasteiger charge is 2.13. The van der Waals surface area contributed by atoms with Gasteiger partial charge in [0, 0.05) is 31.2 Å². The number of nitrogens with two attached hydrogens (primary N) is 1. The van der Waals surface area contributed by atoms with Crippen molar-refractivity contribution in [3.63, 3.8) is 0 Å². The summed E-state index contributed by atoms with van der Waals surface area (Å²) in [4.78, 5) is 2.22. The first-order valence-corrected chi connectivity index (χ1v) is 5.86. The summed E-state index contributed by atoms with van der Waals surface area (Å²) >= 11 is 0. The van der Waals surface area contributed by atoms with Crippen molar-refractivity contribution in [2.45, 2.75) is 32.9 Å². The monoisotopic (exact) mass is 224 g/mol. The number of hydrogen-bond acceptors (Lipinski definition) is 2. The van der Waals surface area contributed by atoms with Crippen LogP contribution < -0.4 is 5.73 Å². The summed E-state index contributed by atoms with van der Waals surface area (Å²) in [5, 5.41) is 0. The Morgan fingerprint density at radius 1 is 1.38 bits per heavy atom. The highest BCUT2D eigenvalue weighted by molar-refractivity contribution is 5.17. The molecule has 1 aromatic rings. The topological polar surface area (TPSA) is 29.3 Å². The van der Waals surface area contributed by atoms with Crippen LogP contribution in [0.25, 0.3) is 0 Å². The SMILES string of the molecule is CCC(C)N(CCN)Cc1ccccc1F. The maximum atomic E-state index is 13.5. The lowest BCUT2D eigenvalue weighted by Crippen LogP contribution is -2.36. The lowest BCUT2D eigenvalue weighted by molar-refractivity contribution is 0.198. The first-order chi connectivity index (χ1) is 7.69. The molecule has 0 radical (unpaired) electrons. The third kappa shape index (κ3) is 3.58. The Labute approximate surface area is 97.3 Å². The highest BCUT2D eigenvalue weighted by Crippen LogP contribution is 2.13. The minimum absolute atomic E-state index is 0.132. The molecule has 2 N–H and O–H groups in total. The normalized spacial score (nSPS) is 13.1. The van der Waals surface area contributed by atoms with Gasteiger partial charge in [-0.25, -0.2) is 4.39 Å². The molecule has 1 aromatic carbocycles. The molecule has 90 valence electrons. The van der Waals surface area contributed by atoms with Gasteiger partial charge in [0.1, 0.15) is 5.82 Å². The van der Waals surface area contributed by atoms with Crippen molar-refractivity contribution in [3.05, 3.63) is 35.6 Å². The fourth-order valence-corrected chi connectivity index (χ4v) is 1.72. The number of benzene rings is 1. The van der Waals surface area contributed by atoms with Crippen LogP contribution in [0.5, 0.6) is 0 Å². The van der Waals surface area contributed by atoms with Crippen LogP contribution in [0.3, 0.4) is 0 Å². The Morgan fingerprint density at radius 2 is 2.06 bits per heavy atom. The van der Waals surface area contributed by atoms with Crippen LogP contribution in [-0.2, 0) is 6.54 Å². The van der Waals surface area contributed by atoms with Crippen LogP contribution in [0.2, 0.25) is 0 Å². The van der Waals surface area contributed by atoms with E-state index in [9.17, 15) is 4.39 Å². The molecule has 2 nitrogen and oxygen atoms in total. The summed E-state index contributed by atoms with van der Waals surface area (Å²) in [6.07, 6.45) is 1.05. The van der Waals surface area contributed by atoms with Crippen LogP contribution in [0.15, 0.2) is 24.3 Å². The second-order valence-corrected chi connectivity index (χ2v) is 4.11. The average Bonchev–Trinajstić information content (AvgIpc) is 2.30. The Morgan fingerprint density at radius 3 is 2.62 bits per heavy atom. The zero-order valence-electron chi connectivity index (χ0n) is 10.1. The Kier molecular flexibility index (Phi) is 5.43. The summed E-state index contributed by atoms with van der Waals surface area (Å²) in [6.45, 7) is 6.34. The molecule has 1 atom stereocenters. The molecule has 0 spiro atoms. The third-order valence-electron chi connectivity index (χ3n) is 2.96. The second kappa shape index (κ2) is 6.61. The molecule has 16 heavy (non-hydrogen) atoms. The Bertz CT molecular complexity index is 315. The van der Waals surface area contributed by atoms with E-state index in [1.165, 1.54) is 6.07 Å². The lowest BCUT2D eigenvalue weighted by atomic mass is 10.1. The van der Waals surface area contributed by atoms with Gasteiger partial charge in [0.15, 0.2) is 0 Å². The van der Waals surface area contributed by atoms with Gasteiger partial charge in [-0.2, -0.15) is 0 Å². The second-order valence-electron chi connectivity index (χ2n) is 4.11. The summed E-state index contributed by atoms with van der Waals surface area (Å²) < 4.78 is 13.5. The summed E-state index contributed by atoms with van der Waals surface area (Å²) in [5.41, 5.74) is 6.32. The molecular weight excluding hydrogens is 203 g/mol. The molecule has 0 fully saturated rings. The first kappa shape index (κ1) is 13.1. The van der Waals surface area contributed by atoms with Crippen molar-refractivity contribution in [1.82, 2.24) is 4.90 Å². The van der Waals surface area contributed by atoms with E-state index in [1.807, 2.05) is 12.1 Å². The van der Waals surface area contributed by atoms with Crippen molar-refractivity contribution in [1.29, 1.82) is 0 Å². The molecule has 0 aromatic heterocycles. The van der Waals surface area contributed by atoms with E-state index in [0.29, 0.717) is 19.1 Å². The van der Waals surface area contributed by atoms with Gasteiger partial charge in [-0.15, -0.1) is 0 Å². The van der Waals surface area contributed by atoms with Gasteiger partial charge >= 0.3 is 0 Å². The molecule has 0 aliphatic carbocycles. The Hall–Kier alpha value is -0.930. The molecule has 0 aliphatic rings. The largest absolute Gasteiger partial charge is 0.329 e. The molecule has 0 aliphatic heterocycles. The van der Waals surface area contributed by atoms with Crippen LogP contribution in [0.4, 0.5) is 4.39 Å². The summed E-state index contributed by atoms with van der Waals surface area (Å²) in [6, 6.07) is 7.36. The molecule has 3 heteroatoms. The van der Waals surface area contributed by atoms with E-state index in [-0.39, 0.29) is 5.82 Å². The molecule has 0 amide bonds. The predicted octanol–water partition coefficient (Wildman–Crippen LogP) is 2.38. The van der Waals surface area contributed by atoms with Crippen molar-refractivity contribution in [2.24, 2.45) is 5.73 Å². The minimum atomic E-state index is -0.132. The number of nitrogens with zero attached hydrogens (tertiary/aromatic N) is 1. The number of hydrogen-bond donors (Lipinski definition) is 1. The maximum absolute atomic E-state index is 13.5. The van der Waals surface area contributed by atoms with Gasteiger partial charge in [-0.05, 0) is 19.4 Å². The zero-order valence-corrected chi connectivity index (χ0v) is 10.1. The van der Waals surface area contributed by atoms with E-state index in [1.54, 1.807) is 6.07 Å². The highest BCUT2D eigenvalue weighted by atomic mass is 19.1. The minimum Gasteiger partial charge on any atom is -0.329 e. The van der Waals surface area contributed by atoms with Gasteiger partial charge < -0.3 is 5.73 Å². The predicted molar refractivity (Wildman–Crippen MR) is 65.6 cm³/mol. The van der Waals surface area contributed by atoms with Gasteiger partial charge in [0.2, 0.25) is 0 Å². The van der Waals surface area contributed by atoms with E-state index in [4.69, 9.17) is 5.73 Å². The van der Waals surface area contributed by atoms with E-state index >= 15 is 0 Å². The lowest BCUT2D eigenvalue weighted by Gasteiger charge is -2.28. The van der Waals surface area contributed by atoms with Crippen molar-refractivity contribution >= 4 is 0 Å². The van der Waals surface area contributed by atoms with Crippen LogP contribution in [-0.4, -0.2) is 24.0 Å². The van der Waals surface area contributed by atoms with E-state index in [2.05, 4.69) is 18.7 Å². The molecular formula is C13H21FN2. The van der Waals surface area contributed by atoms with E-state index < -0.39 is 0 Å². The molecule has 1 unspecified atom stereocenters. The average molecular weight is 224 g/mol. The van der Waals surface area contributed by atoms with Gasteiger partial charge in [0.25, 0.3) is 0 Å². The summed E-state index contributed by atoms with van der Waals surface area (Å²) in [5.74, 6) is -0.132. The third-order valence-corrected chi connectivity index (χ3v) is 2.96. The molecule has 0 bridgehead atoms. The maximum Gasteiger partial charge on any atom is 0.127 e.